The van der Waals surface area contributed by atoms with Gasteiger partial charge in [-0.1, -0.05) is 111 Å². The van der Waals surface area contributed by atoms with Crippen molar-refractivity contribution in [2.75, 3.05) is 27.4 Å². The predicted octanol–water partition coefficient (Wildman–Crippen LogP) is 7.10. The van der Waals surface area contributed by atoms with E-state index in [2.05, 4.69) is 48.6 Å². The van der Waals surface area contributed by atoms with E-state index < -0.39 is 0 Å². The Labute approximate surface area is 234 Å². The SMILES string of the molecule is C=C/C=C(\C=C(Cl)Cl)C(C)C(CN)OC.CCCc1ccccc1.CCOC.NC(=O)c1ccccc1. The third-order valence-electron chi connectivity index (χ3n) is 4.93. The average Bonchev–Trinajstić information content (AvgIpc) is 2.91. The summed E-state index contributed by atoms with van der Waals surface area (Å²) in [6, 6.07) is 19.3. The third-order valence-corrected chi connectivity index (χ3v) is 5.15. The van der Waals surface area contributed by atoms with E-state index in [0.717, 1.165) is 12.2 Å². The maximum atomic E-state index is 10.4. The van der Waals surface area contributed by atoms with Crippen LogP contribution in [0, 0.1) is 5.92 Å². The molecule has 0 spiro atoms. The number of benzene rings is 2. The molecule has 0 aliphatic heterocycles. The molecule has 4 N–H and O–H groups in total. The highest BCUT2D eigenvalue weighted by Gasteiger charge is 2.17. The molecule has 206 valence electrons. The van der Waals surface area contributed by atoms with Crippen molar-refractivity contribution in [3.05, 3.63) is 107 Å². The molecule has 7 heteroatoms. The number of amides is 1. The maximum Gasteiger partial charge on any atom is 0.248 e. The minimum absolute atomic E-state index is 0.0554. The average molecular weight is 552 g/mol. The van der Waals surface area contributed by atoms with Gasteiger partial charge in [0.25, 0.3) is 0 Å². The van der Waals surface area contributed by atoms with Crippen LogP contribution in [0.5, 0.6) is 0 Å². The Morgan fingerprint density at radius 1 is 1.03 bits per heavy atom. The molecule has 0 fully saturated rings. The molecular formula is C30H44Cl2N2O3. The van der Waals surface area contributed by atoms with Crippen molar-refractivity contribution in [1.29, 1.82) is 0 Å². The second kappa shape index (κ2) is 25.2. The molecule has 2 rings (SSSR count). The van der Waals surface area contributed by atoms with Crippen molar-refractivity contribution in [2.24, 2.45) is 17.4 Å². The summed E-state index contributed by atoms with van der Waals surface area (Å²) in [4.78, 5) is 10.4. The minimum atomic E-state index is -0.379. The number of hydrogen-bond acceptors (Lipinski definition) is 4. The summed E-state index contributed by atoms with van der Waals surface area (Å²) >= 11 is 11.2. The fourth-order valence-corrected chi connectivity index (χ4v) is 3.10. The van der Waals surface area contributed by atoms with Gasteiger partial charge < -0.3 is 20.9 Å². The Hall–Kier alpha value is -2.41. The van der Waals surface area contributed by atoms with Crippen LogP contribution in [0.25, 0.3) is 0 Å². The van der Waals surface area contributed by atoms with Gasteiger partial charge in [-0.3, -0.25) is 4.79 Å². The van der Waals surface area contributed by atoms with Gasteiger partial charge >= 0.3 is 0 Å². The first-order valence-electron chi connectivity index (χ1n) is 12.2. The van der Waals surface area contributed by atoms with E-state index in [9.17, 15) is 4.79 Å². The van der Waals surface area contributed by atoms with E-state index in [1.807, 2.05) is 26.0 Å². The Balaban J connectivity index is 0. The van der Waals surface area contributed by atoms with Gasteiger partial charge in [0, 0.05) is 38.9 Å². The smallest absolute Gasteiger partial charge is 0.248 e. The molecule has 0 aliphatic carbocycles. The highest BCUT2D eigenvalue weighted by Crippen LogP contribution is 2.22. The second-order valence-electron chi connectivity index (χ2n) is 7.68. The topological polar surface area (TPSA) is 87.6 Å². The van der Waals surface area contributed by atoms with E-state index in [4.69, 9.17) is 39.4 Å². The lowest BCUT2D eigenvalue weighted by Gasteiger charge is -2.22. The molecule has 2 aromatic carbocycles. The summed E-state index contributed by atoms with van der Waals surface area (Å²) in [5.41, 5.74) is 13.5. The standard InChI is InChI=1S/C11H17Cl2NO.C9H12.C7H7NO.C3H8O/c1-4-5-9(6-11(12)13)8(2)10(7-14)15-3;1-2-6-9-7-4-3-5-8-9;8-7(9)6-4-2-1-3-5-6;1-3-4-2/h4-6,8,10H,1,7,14H2,2-3H3;3-5,7-8H,2,6H2,1H3;1-5H,(H2,8,9);3H2,1-2H3/b9-5+;;;. The Morgan fingerprint density at radius 2 is 1.54 bits per heavy atom. The number of rotatable bonds is 10. The van der Waals surface area contributed by atoms with Crippen LogP contribution in [-0.4, -0.2) is 39.4 Å². The van der Waals surface area contributed by atoms with Gasteiger partial charge in [0.15, 0.2) is 0 Å². The maximum absolute atomic E-state index is 10.4. The Kier molecular flexibility index (Phi) is 25.1. The molecule has 2 aromatic rings. The molecule has 1 amide bonds. The van der Waals surface area contributed by atoms with E-state index in [-0.39, 0.29) is 22.4 Å². The number of aryl methyl sites for hydroxylation is 1. The van der Waals surface area contributed by atoms with Gasteiger partial charge in [-0.05, 0) is 42.7 Å². The van der Waals surface area contributed by atoms with Crippen LogP contribution >= 0.6 is 23.2 Å². The van der Waals surface area contributed by atoms with Crippen LogP contribution in [0.3, 0.4) is 0 Å². The Bertz CT molecular complexity index is 878. The first-order valence-corrected chi connectivity index (χ1v) is 12.9. The van der Waals surface area contributed by atoms with Crippen molar-refractivity contribution < 1.29 is 14.3 Å². The molecule has 2 atom stereocenters. The van der Waals surface area contributed by atoms with Crippen LogP contribution in [0.15, 0.2) is 95.5 Å². The predicted molar refractivity (Wildman–Crippen MR) is 160 cm³/mol. The number of methoxy groups -OCH3 is 2. The van der Waals surface area contributed by atoms with Crippen molar-refractivity contribution in [2.45, 2.75) is 39.7 Å². The molecule has 2 unspecified atom stereocenters. The highest BCUT2D eigenvalue weighted by molar-refractivity contribution is 6.56. The fraction of sp³-hybridized carbons (Fsp3) is 0.367. The highest BCUT2D eigenvalue weighted by atomic mass is 35.5. The molecule has 0 radical (unpaired) electrons. The third kappa shape index (κ3) is 20.3. The van der Waals surface area contributed by atoms with Gasteiger partial charge in [0.05, 0.1) is 6.10 Å². The van der Waals surface area contributed by atoms with Gasteiger partial charge in [0.2, 0.25) is 5.91 Å². The number of ether oxygens (including phenoxy) is 2. The van der Waals surface area contributed by atoms with Gasteiger partial charge in [-0.2, -0.15) is 0 Å². The molecule has 0 aromatic heterocycles. The zero-order valence-corrected chi connectivity index (χ0v) is 24.3. The van der Waals surface area contributed by atoms with Crippen molar-refractivity contribution in [3.63, 3.8) is 0 Å². The molecule has 0 saturated heterocycles. The Morgan fingerprint density at radius 3 is 1.86 bits per heavy atom. The molecule has 0 bridgehead atoms. The summed E-state index contributed by atoms with van der Waals surface area (Å²) in [6.45, 7) is 11.1. The number of hydrogen-bond donors (Lipinski definition) is 2. The molecular weight excluding hydrogens is 507 g/mol. The zero-order valence-electron chi connectivity index (χ0n) is 22.8. The first kappa shape index (κ1) is 36.7. The van der Waals surface area contributed by atoms with Crippen LogP contribution in [0.2, 0.25) is 0 Å². The molecule has 5 nitrogen and oxygen atoms in total. The van der Waals surface area contributed by atoms with Crippen molar-refractivity contribution in [3.8, 4) is 0 Å². The molecule has 0 saturated carbocycles. The normalized spacial score (nSPS) is 11.6. The number of nitrogens with two attached hydrogens (primary N) is 2. The molecule has 0 heterocycles. The van der Waals surface area contributed by atoms with Crippen molar-refractivity contribution >= 4 is 29.1 Å². The lowest BCUT2D eigenvalue weighted by Crippen LogP contribution is -2.30. The van der Waals surface area contributed by atoms with Gasteiger partial charge in [0.1, 0.15) is 4.49 Å². The molecule has 37 heavy (non-hydrogen) atoms. The number of halogens is 2. The lowest BCUT2D eigenvalue weighted by molar-refractivity contribution is 0.0788. The van der Waals surface area contributed by atoms with E-state index in [1.165, 1.54) is 18.4 Å². The quantitative estimate of drug-likeness (QED) is 0.308. The van der Waals surface area contributed by atoms with Crippen LogP contribution in [0.1, 0.15) is 43.1 Å². The summed E-state index contributed by atoms with van der Waals surface area (Å²) in [7, 11) is 3.31. The van der Waals surface area contributed by atoms with Crippen LogP contribution in [-0.2, 0) is 15.9 Å². The van der Waals surface area contributed by atoms with Crippen LogP contribution in [0.4, 0.5) is 0 Å². The summed E-state index contributed by atoms with van der Waals surface area (Å²) in [5, 5.41) is 0. The number of primary amides is 1. The second-order valence-corrected chi connectivity index (χ2v) is 8.69. The fourth-order valence-electron chi connectivity index (χ4n) is 2.85. The number of carbonyl (C=O) groups is 1. The van der Waals surface area contributed by atoms with Gasteiger partial charge in [-0.15, -0.1) is 0 Å². The summed E-state index contributed by atoms with van der Waals surface area (Å²) in [6.07, 6.45) is 7.60. The molecule has 0 aliphatic rings. The van der Waals surface area contributed by atoms with E-state index in [1.54, 1.807) is 50.6 Å². The van der Waals surface area contributed by atoms with Crippen LogP contribution < -0.4 is 11.5 Å². The number of allylic oxidation sites excluding steroid dienone is 3. The van der Waals surface area contributed by atoms with E-state index in [0.29, 0.717) is 12.1 Å². The van der Waals surface area contributed by atoms with E-state index >= 15 is 0 Å². The monoisotopic (exact) mass is 550 g/mol. The van der Waals surface area contributed by atoms with Gasteiger partial charge in [-0.25, -0.2) is 0 Å². The zero-order chi connectivity index (χ0) is 28.5. The number of carbonyl (C=O) groups excluding carboxylic acids is 1. The lowest BCUT2D eigenvalue weighted by atomic mass is 9.94. The minimum Gasteiger partial charge on any atom is -0.385 e. The largest absolute Gasteiger partial charge is 0.385 e. The first-order chi connectivity index (χ1) is 17.7. The summed E-state index contributed by atoms with van der Waals surface area (Å²) in [5.74, 6) is -0.263. The van der Waals surface area contributed by atoms with Crippen molar-refractivity contribution in [1.82, 2.24) is 0 Å². The summed E-state index contributed by atoms with van der Waals surface area (Å²) < 4.78 is 10.0.